The zero-order valence-electron chi connectivity index (χ0n) is 23.4. The van der Waals surface area contributed by atoms with Crippen LogP contribution in [-0.4, -0.2) is 38.9 Å². The molecule has 0 aliphatic carbocycles. The molecule has 11 nitrogen and oxygen atoms in total. The molecule has 0 radical (unpaired) electrons. The second-order valence-electron chi connectivity index (χ2n) is 8.98. The van der Waals surface area contributed by atoms with Gasteiger partial charge < -0.3 is 40.1 Å². The number of urea groups is 1. The lowest BCUT2D eigenvalue weighted by Gasteiger charge is -2.08. The Labute approximate surface area is 249 Å². The smallest absolute Gasteiger partial charge is 0.323 e. The highest BCUT2D eigenvalue weighted by molar-refractivity contribution is 5.99. The van der Waals surface area contributed by atoms with E-state index in [4.69, 9.17) is 29.4 Å². The van der Waals surface area contributed by atoms with Gasteiger partial charge in [0.2, 0.25) is 19.7 Å². The van der Waals surface area contributed by atoms with Crippen molar-refractivity contribution in [1.82, 2.24) is 0 Å². The minimum atomic E-state index is -0.301. The monoisotopic (exact) mass is 584 g/mol. The Morgan fingerprint density at radius 1 is 0.674 bits per heavy atom. The van der Waals surface area contributed by atoms with Crippen LogP contribution < -0.4 is 35.3 Å². The number of amides is 2. The van der Waals surface area contributed by atoms with Crippen molar-refractivity contribution in [3.05, 3.63) is 97.1 Å². The van der Waals surface area contributed by atoms with Gasteiger partial charge >= 0.3 is 6.03 Å². The number of isocyanates is 1. The van der Waals surface area contributed by atoms with E-state index in [2.05, 4.69) is 15.6 Å². The van der Waals surface area contributed by atoms with E-state index in [1.54, 1.807) is 36.4 Å². The zero-order chi connectivity index (χ0) is 30.1. The van der Waals surface area contributed by atoms with Gasteiger partial charge in [-0.25, -0.2) is 9.59 Å². The van der Waals surface area contributed by atoms with Gasteiger partial charge in [-0.3, -0.25) is 0 Å². The van der Waals surface area contributed by atoms with Crippen molar-refractivity contribution in [2.24, 2.45) is 4.99 Å². The van der Waals surface area contributed by atoms with E-state index >= 15 is 0 Å². The normalized spacial score (nSPS) is 12.9. The highest BCUT2D eigenvalue weighted by Crippen LogP contribution is 2.35. The van der Waals surface area contributed by atoms with Crippen molar-refractivity contribution in [3.8, 4) is 23.0 Å². The number of hydrogen-bond acceptors (Lipinski definition) is 9. The highest BCUT2D eigenvalue weighted by Gasteiger charge is 2.14. The molecular weight excluding hydrogens is 552 g/mol. The van der Waals surface area contributed by atoms with Crippen molar-refractivity contribution in [2.75, 3.05) is 43.2 Å². The number of rotatable bonds is 3. The lowest BCUT2D eigenvalue weighted by atomic mass is 10.3. The van der Waals surface area contributed by atoms with Crippen LogP contribution in [0.15, 0.2) is 102 Å². The molecule has 0 atom stereocenters. The molecule has 43 heavy (non-hydrogen) atoms. The fourth-order valence-electron chi connectivity index (χ4n) is 3.76. The Hall–Kier alpha value is -5.51. The third-order valence-electron chi connectivity index (χ3n) is 5.82. The van der Waals surface area contributed by atoms with Crippen LogP contribution in [0.3, 0.4) is 0 Å². The minimum Gasteiger partial charge on any atom is -0.454 e. The fourth-order valence-corrected chi connectivity index (χ4v) is 3.76. The zero-order valence-corrected chi connectivity index (χ0v) is 23.4. The molecule has 4 aromatic rings. The lowest BCUT2D eigenvalue weighted by molar-refractivity contribution is 0.173. The van der Waals surface area contributed by atoms with Gasteiger partial charge in [0.1, 0.15) is 0 Å². The van der Waals surface area contributed by atoms with Crippen LogP contribution in [-0.2, 0) is 9.53 Å². The highest BCUT2D eigenvalue weighted by atomic mass is 16.7. The van der Waals surface area contributed by atoms with Crippen LogP contribution in [0.25, 0.3) is 0 Å². The topological polar surface area (TPSA) is 143 Å². The molecule has 0 unspecified atom stereocenters. The molecular formula is C32H32N4O7. The number of carbonyl (C=O) groups excluding carboxylic acids is 2. The largest absolute Gasteiger partial charge is 0.454 e. The molecule has 2 amide bonds. The number of nitrogens with one attached hydrogen (secondary N) is 2. The van der Waals surface area contributed by atoms with E-state index in [0.717, 1.165) is 24.6 Å². The maximum Gasteiger partial charge on any atom is 0.323 e. The Morgan fingerprint density at radius 2 is 1.23 bits per heavy atom. The Morgan fingerprint density at radius 3 is 1.79 bits per heavy atom. The summed E-state index contributed by atoms with van der Waals surface area (Å²) in [6.45, 7) is 2.44. The average molecular weight is 585 g/mol. The van der Waals surface area contributed by atoms with E-state index in [9.17, 15) is 9.59 Å². The maximum absolute atomic E-state index is 11.8. The Kier molecular flexibility index (Phi) is 11.8. The number of nitrogens with two attached hydrogens (primary N) is 1. The summed E-state index contributed by atoms with van der Waals surface area (Å²) in [5.74, 6) is 2.62. The Balaban J connectivity index is 0.000000149. The summed E-state index contributed by atoms with van der Waals surface area (Å²) in [5.41, 5.74) is 8.09. The van der Waals surface area contributed by atoms with Gasteiger partial charge in [-0.05, 0) is 61.4 Å². The van der Waals surface area contributed by atoms with Gasteiger partial charge in [-0.15, -0.1) is 0 Å². The molecule has 1 fully saturated rings. The summed E-state index contributed by atoms with van der Waals surface area (Å²) in [7, 11) is 0. The molecule has 7 rings (SSSR count). The molecule has 3 aliphatic heterocycles. The standard InChI is InChI=1S/C14H12N2O3.C8H5NO3.C6H7N.C4H8O/c17-14(15-10-4-2-1-3-5-10)16-11-6-7-12-13(8-11)19-9-18-12;10-4-9-6-1-2-7-8(3-6)12-5-11-7;7-6-4-2-1-3-5-6;1-2-4-5-3-1/h1-8H,9H2,(H2,15,16,17);1-3H,5H2;1-5H,7H2;1-4H2. The first-order chi connectivity index (χ1) is 21.1. The quantitative estimate of drug-likeness (QED) is 0.141. The summed E-state index contributed by atoms with van der Waals surface area (Å²) in [4.78, 5) is 25.1. The molecule has 222 valence electrons. The molecule has 0 spiro atoms. The number of benzene rings is 4. The van der Waals surface area contributed by atoms with Crippen LogP contribution in [0.1, 0.15) is 12.8 Å². The average Bonchev–Trinajstić information content (AvgIpc) is 3.83. The van der Waals surface area contributed by atoms with Crippen molar-refractivity contribution >= 4 is 34.9 Å². The van der Waals surface area contributed by atoms with E-state index in [0.29, 0.717) is 34.4 Å². The van der Waals surface area contributed by atoms with Crippen LogP contribution in [0.2, 0.25) is 0 Å². The maximum atomic E-state index is 11.8. The van der Waals surface area contributed by atoms with E-state index in [-0.39, 0.29) is 19.6 Å². The molecule has 0 aromatic heterocycles. The van der Waals surface area contributed by atoms with Gasteiger partial charge in [0.15, 0.2) is 23.0 Å². The van der Waals surface area contributed by atoms with Crippen molar-refractivity contribution in [1.29, 1.82) is 0 Å². The Bertz CT molecular complexity index is 1480. The number of nitrogen functional groups attached to an aromatic ring is 1. The summed E-state index contributed by atoms with van der Waals surface area (Å²) in [6, 6.07) is 28.7. The second kappa shape index (κ2) is 16.7. The number of carbonyl (C=O) groups is 1. The van der Waals surface area contributed by atoms with Crippen LogP contribution in [0.4, 0.5) is 27.5 Å². The molecule has 0 bridgehead atoms. The van der Waals surface area contributed by atoms with E-state index < -0.39 is 0 Å². The predicted molar refractivity (Wildman–Crippen MR) is 163 cm³/mol. The molecule has 4 N–H and O–H groups in total. The van der Waals surface area contributed by atoms with E-state index in [1.165, 1.54) is 18.9 Å². The summed E-state index contributed by atoms with van der Waals surface area (Å²) >= 11 is 0. The molecule has 4 aromatic carbocycles. The minimum absolute atomic E-state index is 0.217. The van der Waals surface area contributed by atoms with Crippen LogP contribution in [0, 0.1) is 0 Å². The van der Waals surface area contributed by atoms with Gasteiger partial charge in [-0.1, -0.05) is 36.4 Å². The first-order valence-electron chi connectivity index (χ1n) is 13.5. The van der Waals surface area contributed by atoms with Crippen LogP contribution in [0.5, 0.6) is 23.0 Å². The third kappa shape index (κ3) is 10.4. The fraction of sp³-hybridized carbons (Fsp3) is 0.188. The van der Waals surface area contributed by atoms with Crippen molar-refractivity contribution < 1.29 is 33.3 Å². The van der Waals surface area contributed by atoms with E-state index in [1.807, 2.05) is 60.7 Å². The van der Waals surface area contributed by atoms with Crippen molar-refractivity contribution in [2.45, 2.75) is 12.8 Å². The number of para-hydroxylation sites is 2. The van der Waals surface area contributed by atoms with Crippen LogP contribution >= 0.6 is 0 Å². The summed E-state index contributed by atoms with van der Waals surface area (Å²) in [5, 5.41) is 5.47. The first kappa shape index (κ1) is 30.4. The molecule has 3 heterocycles. The number of hydrogen-bond donors (Lipinski definition) is 3. The number of nitrogens with zero attached hydrogens (tertiary/aromatic N) is 1. The summed E-state index contributed by atoms with van der Waals surface area (Å²) < 4.78 is 25.5. The van der Waals surface area contributed by atoms with Crippen molar-refractivity contribution in [3.63, 3.8) is 0 Å². The second-order valence-corrected chi connectivity index (χ2v) is 8.98. The first-order valence-corrected chi connectivity index (χ1v) is 13.5. The van der Waals surface area contributed by atoms with Gasteiger partial charge in [0.25, 0.3) is 0 Å². The van der Waals surface area contributed by atoms with Gasteiger partial charge in [-0.2, -0.15) is 4.99 Å². The molecule has 0 saturated carbocycles. The third-order valence-corrected chi connectivity index (χ3v) is 5.82. The molecule has 3 aliphatic rings. The van der Waals surface area contributed by atoms with Gasteiger partial charge in [0.05, 0.1) is 5.69 Å². The molecule has 11 heteroatoms. The predicted octanol–water partition coefficient (Wildman–Crippen LogP) is 6.51. The molecule has 1 saturated heterocycles. The number of anilines is 3. The summed E-state index contributed by atoms with van der Waals surface area (Å²) in [6.07, 6.45) is 4.01. The SMILES string of the molecule is C1CCOC1.Nc1ccccc1.O=C(Nc1ccccc1)Nc1ccc2c(c1)OCO2.O=C=Nc1ccc2c(c1)OCO2. The number of ether oxygens (including phenoxy) is 5. The number of aliphatic imine (C=N–C) groups is 1. The van der Waals surface area contributed by atoms with Gasteiger partial charge in [0, 0.05) is 42.4 Å². The number of fused-ring (bicyclic) bond motifs is 2. The lowest BCUT2D eigenvalue weighted by Crippen LogP contribution is -2.19.